The molecule has 0 amide bonds. The third-order valence-corrected chi connectivity index (χ3v) is 1.70. The molecule has 2 heterocycles. The average molecular weight is 207 g/mol. The number of nitrogens with zero attached hydrogens (tertiary/aromatic N) is 2. The molecule has 78 valence electrons. The third kappa shape index (κ3) is 1.88. The minimum absolute atomic E-state index is 0.0725. The van der Waals surface area contributed by atoms with Gasteiger partial charge in [-0.1, -0.05) is 0 Å². The summed E-state index contributed by atoms with van der Waals surface area (Å²) >= 11 is 0. The monoisotopic (exact) mass is 207 g/mol. The molecule has 0 aromatic carbocycles. The first-order chi connectivity index (χ1) is 7.31. The summed E-state index contributed by atoms with van der Waals surface area (Å²) in [5, 5.41) is 6.31. The van der Waals surface area contributed by atoms with Crippen LogP contribution in [0, 0.1) is 0 Å². The highest BCUT2D eigenvalue weighted by atomic mass is 16.5. The first-order valence-electron chi connectivity index (χ1n) is 4.44. The Bertz CT molecular complexity index is 447. The molecular weight excluding hydrogens is 198 g/mol. The number of hydrogen-bond donors (Lipinski definition) is 1. The van der Waals surface area contributed by atoms with Gasteiger partial charge in [-0.3, -0.25) is 5.10 Å². The van der Waals surface area contributed by atoms with Crippen molar-refractivity contribution in [2.45, 2.75) is 6.92 Å². The second-order valence-electron chi connectivity index (χ2n) is 2.71. The Morgan fingerprint density at radius 1 is 1.67 bits per heavy atom. The van der Waals surface area contributed by atoms with Crippen LogP contribution in [-0.2, 0) is 4.74 Å². The van der Waals surface area contributed by atoms with Crippen LogP contribution in [-0.4, -0.2) is 27.8 Å². The maximum atomic E-state index is 11.2. The molecule has 15 heavy (non-hydrogen) atoms. The zero-order valence-electron chi connectivity index (χ0n) is 8.06. The van der Waals surface area contributed by atoms with Crippen molar-refractivity contribution in [2.75, 3.05) is 6.61 Å². The van der Waals surface area contributed by atoms with Crippen LogP contribution in [0.3, 0.4) is 0 Å². The van der Waals surface area contributed by atoms with Crippen molar-refractivity contribution in [3.63, 3.8) is 0 Å². The summed E-state index contributed by atoms with van der Waals surface area (Å²) in [6.45, 7) is 2.03. The van der Waals surface area contributed by atoms with Gasteiger partial charge in [-0.25, -0.2) is 4.79 Å². The van der Waals surface area contributed by atoms with Gasteiger partial charge < -0.3 is 9.15 Å². The third-order valence-electron chi connectivity index (χ3n) is 1.70. The minimum atomic E-state index is -0.525. The van der Waals surface area contributed by atoms with Crippen LogP contribution < -0.4 is 0 Å². The van der Waals surface area contributed by atoms with Crippen LogP contribution in [0.15, 0.2) is 22.8 Å². The van der Waals surface area contributed by atoms with Gasteiger partial charge in [0.25, 0.3) is 0 Å². The van der Waals surface area contributed by atoms with Gasteiger partial charge in [-0.2, -0.15) is 4.98 Å². The van der Waals surface area contributed by atoms with Gasteiger partial charge in [0.15, 0.2) is 5.76 Å². The fourth-order valence-electron chi connectivity index (χ4n) is 1.07. The van der Waals surface area contributed by atoms with Crippen molar-refractivity contribution in [2.24, 2.45) is 0 Å². The molecule has 0 radical (unpaired) electrons. The van der Waals surface area contributed by atoms with Gasteiger partial charge in [-0.05, 0) is 19.1 Å². The van der Waals surface area contributed by atoms with E-state index in [1.807, 2.05) is 0 Å². The second-order valence-corrected chi connectivity index (χ2v) is 2.71. The first kappa shape index (κ1) is 9.45. The van der Waals surface area contributed by atoms with E-state index in [1.165, 1.54) is 6.26 Å². The highest BCUT2D eigenvalue weighted by Crippen LogP contribution is 2.14. The van der Waals surface area contributed by atoms with Crippen LogP contribution in [0.5, 0.6) is 0 Å². The number of nitrogens with one attached hydrogen (secondary N) is 1. The van der Waals surface area contributed by atoms with Gasteiger partial charge in [-0.15, -0.1) is 5.10 Å². The van der Waals surface area contributed by atoms with E-state index in [1.54, 1.807) is 19.1 Å². The van der Waals surface area contributed by atoms with Gasteiger partial charge >= 0.3 is 5.97 Å². The standard InChI is InChI=1S/C9H9N3O3/c1-2-14-9(13)8-10-7(11-12-8)6-4-3-5-15-6/h3-5H,2H2,1H3,(H,10,11,12). The highest BCUT2D eigenvalue weighted by molar-refractivity contribution is 5.85. The Morgan fingerprint density at radius 2 is 2.53 bits per heavy atom. The molecule has 0 aliphatic heterocycles. The van der Waals surface area contributed by atoms with E-state index < -0.39 is 5.97 Å². The number of hydrogen-bond acceptors (Lipinski definition) is 5. The Hall–Kier alpha value is -2.11. The lowest BCUT2D eigenvalue weighted by Crippen LogP contribution is -2.06. The van der Waals surface area contributed by atoms with E-state index in [9.17, 15) is 4.79 Å². The highest BCUT2D eigenvalue weighted by Gasteiger charge is 2.14. The van der Waals surface area contributed by atoms with Gasteiger partial charge in [0.2, 0.25) is 11.6 Å². The second kappa shape index (κ2) is 3.95. The average Bonchev–Trinajstić information content (AvgIpc) is 2.89. The van der Waals surface area contributed by atoms with Crippen LogP contribution in [0.4, 0.5) is 0 Å². The molecule has 2 aromatic rings. The number of esters is 1. The Labute approximate surface area is 85.3 Å². The molecule has 0 bridgehead atoms. The number of carbonyl (C=O) groups is 1. The van der Waals surface area contributed by atoms with Gasteiger partial charge in [0, 0.05) is 0 Å². The maximum absolute atomic E-state index is 11.2. The van der Waals surface area contributed by atoms with Crippen molar-refractivity contribution in [1.29, 1.82) is 0 Å². The summed E-state index contributed by atoms with van der Waals surface area (Å²) in [4.78, 5) is 15.2. The molecule has 0 unspecified atom stereocenters. The first-order valence-corrected chi connectivity index (χ1v) is 4.44. The van der Waals surface area contributed by atoms with Crippen molar-refractivity contribution in [3.05, 3.63) is 24.2 Å². The lowest BCUT2D eigenvalue weighted by Gasteiger charge is -1.94. The Balaban J connectivity index is 2.21. The van der Waals surface area contributed by atoms with Crippen molar-refractivity contribution in [3.8, 4) is 11.6 Å². The van der Waals surface area contributed by atoms with Gasteiger partial charge in [0.1, 0.15) is 0 Å². The van der Waals surface area contributed by atoms with Crippen LogP contribution in [0.25, 0.3) is 11.6 Å². The summed E-state index contributed by atoms with van der Waals surface area (Å²) in [6, 6.07) is 3.42. The topological polar surface area (TPSA) is 81.0 Å². The fourth-order valence-corrected chi connectivity index (χ4v) is 1.07. The number of aromatic amines is 1. The van der Waals surface area contributed by atoms with Crippen LogP contribution in [0.2, 0.25) is 0 Å². The number of ether oxygens (including phenoxy) is 1. The minimum Gasteiger partial charge on any atom is -0.461 e. The van der Waals surface area contributed by atoms with E-state index in [2.05, 4.69) is 15.2 Å². The Kier molecular flexibility index (Phi) is 2.49. The van der Waals surface area contributed by atoms with E-state index >= 15 is 0 Å². The van der Waals surface area contributed by atoms with E-state index in [-0.39, 0.29) is 5.82 Å². The van der Waals surface area contributed by atoms with Crippen molar-refractivity contribution in [1.82, 2.24) is 15.2 Å². The quantitative estimate of drug-likeness (QED) is 0.766. The number of aromatic nitrogens is 3. The molecule has 6 heteroatoms. The van der Waals surface area contributed by atoms with E-state index in [4.69, 9.17) is 9.15 Å². The molecular formula is C9H9N3O3. The van der Waals surface area contributed by atoms with Crippen LogP contribution >= 0.6 is 0 Å². The van der Waals surface area contributed by atoms with E-state index in [0.29, 0.717) is 18.2 Å². The maximum Gasteiger partial charge on any atom is 0.375 e. The molecule has 1 N–H and O–H groups in total. The molecule has 0 saturated heterocycles. The zero-order valence-corrected chi connectivity index (χ0v) is 8.06. The summed E-state index contributed by atoms with van der Waals surface area (Å²) in [5.41, 5.74) is 0. The summed E-state index contributed by atoms with van der Waals surface area (Å²) in [5.74, 6) is 0.385. The number of furan rings is 1. The molecule has 2 aromatic heterocycles. The lowest BCUT2D eigenvalue weighted by molar-refractivity contribution is 0.0512. The lowest BCUT2D eigenvalue weighted by atomic mass is 10.4. The molecule has 0 saturated carbocycles. The molecule has 6 nitrogen and oxygen atoms in total. The Morgan fingerprint density at radius 3 is 3.20 bits per heavy atom. The van der Waals surface area contributed by atoms with Crippen LogP contribution in [0.1, 0.15) is 17.5 Å². The number of H-pyrrole nitrogens is 1. The van der Waals surface area contributed by atoms with Crippen molar-refractivity contribution < 1.29 is 13.9 Å². The van der Waals surface area contributed by atoms with Crippen molar-refractivity contribution >= 4 is 5.97 Å². The summed E-state index contributed by atoms with van der Waals surface area (Å²) in [6.07, 6.45) is 1.51. The number of carbonyl (C=O) groups excluding carboxylic acids is 1. The summed E-state index contributed by atoms with van der Waals surface area (Å²) in [7, 11) is 0. The molecule has 0 aliphatic rings. The number of rotatable bonds is 3. The van der Waals surface area contributed by atoms with E-state index in [0.717, 1.165) is 0 Å². The summed E-state index contributed by atoms with van der Waals surface area (Å²) < 4.78 is 9.83. The largest absolute Gasteiger partial charge is 0.461 e. The molecule has 0 aliphatic carbocycles. The zero-order chi connectivity index (χ0) is 10.7. The molecule has 2 rings (SSSR count). The molecule has 0 spiro atoms. The SMILES string of the molecule is CCOC(=O)c1nc(-c2ccco2)n[nH]1. The molecule has 0 fully saturated rings. The smallest absolute Gasteiger partial charge is 0.375 e. The fraction of sp³-hybridized carbons (Fsp3) is 0.222. The predicted octanol–water partition coefficient (Wildman–Crippen LogP) is 1.24. The predicted molar refractivity (Wildman–Crippen MR) is 50.0 cm³/mol. The normalized spacial score (nSPS) is 10.2. The molecule has 0 atom stereocenters. The van der Waals surface area contributed by atoms with Gasteiger partial charge in [0.05, 0.1) is 12.9 Å².